The molecule has 0 aromatic heterocycles. The van der Waals surface area contributed by atoms with E-state index >= 15 is 0 Å². The number of benzene rings is 1. The lowest BCUT2D eigenvalue weighted by Crippen LogP contribution is -2.30. The Bertz CT molecular complexity index is 395. The molecule has 0 spiro atoms. The average Bonchev–Trinajstić information content (AvgIpc) is 2.63. The molecule has 0 fully saturated rings. The molecule has 0 saturated carbocycles. The van der Waals surface area contributed by atoms with Crippen LogP contribution in [0.5, 0.6) is 5.75 Å². The summed E-state index contributed by atoms with van der Waals surface area (Å²) >= 11 is 0. The predicted octanol–water partition coefficient (Wildman–Crippen LogP) is 2.79. The molecule has 1 aromatic carbocycles. The Balaban J connectivity index is 2.41. The number of halogens is 2. The lowest BCUT2D eigenvalue weighted by atomic mass is 10.0. The van der Waals surface area contributed by atoms with Gasteiger partial charge in [0.25, 0.3) is 0 Å². The van der Waals surface area contributed by atoms with Crippen molar-refractivity contribution >= 4 is 0 Å². The number of rotatable bonds is 3. The van der Waals surface area contributed by atoms with Gasteiger partial charge in [0.05, 0.1) is 6.04 Å². The Morgan fingerprint density at radius 2 is 2.06 bits per heavy atom. The summed E-state index contributed by atoms with van der Waals surface area (Å²) in [5.41, 5.74) is 0.715. The maximum absolute atomic E-state index is 13.5. The van der Waals surface area contributed by atoms with Crippen molar-refractivity contribution in [3.63, 3.8) is 0 Å². The minimum absolute atomic E-state index is 0.0416. The van der Waals surface area contributed by atoms with Gasteiger partial charge in [-0.2, -0.15) is 4.39 Å². The highest BCUT2D eigenvalue weighted by molar-refractivity contribution is 5.42. The second kappa shape index (κ2) is 4.37. The summed E-state index contributed by atoms with van der Waals surface area (Å²) in [6.07, 6.45) is 0.638. The van der Waals surface area contributed by atoms with E-state index in [0.717, 1.165) is 19.0 Å². The molecule has 1 aliphatic rings. The SMILES string of the molecule is CCNC1c2ccc(F)c(F)c2OC1CC. The highest BCUT2D eigenvalue weighted by Gasteiger charge is 2.35. The fourth-order valence-corrected chi connectivity index (χ4v) is 2.11. The van der Waals surface area contributed by atoms with E-state index in [2.05, 4.69) is 5.32 Å². The highest BCUT2D eigenvalue weighted by Crippen LogP contribution is 2.40. The summed E-state index contributed by atoms with van der Waals surface area (Å²) in [5.74, 6) is -1.67. The van der Waals surface area contributed by atoms with Crippen LogP contribution in [0.1, 0.15) is 31.9 Å². The van der Waals surface area contributed by atoms with Crippen molar-refractivity contribution in [2.45, 2.75) is 32.4 Å². The van der Waals surface area contributed by atoms with E-state index in [-0.39, 0.29) is 17.9 Å². The molecule has 1 aromatic rings. The number of hydrogen-bond acceptors (Lipinski definition) is 2. The fourth-order valence-electron chi connectivity index (χ4n) is 2.11. The fraction of sp³-hybridized carbons (Fsp3) is 0.500. The molecule has 2 unspecified atom stereocenters. The predicted molar refractivity (Wildman–Crippen MR) is 57.5 cm³/mol. The maximum atomic E-state index is 13.5. The van der Waals surface area contributed by atoms with E-state index in [1.165, 1.54) is 0 Å². The first-order chi connectivity index (χ1) is 7.69. The molecular formula is C12H15F2NO. The van der Waals surface area contributed by atoms with Crippen molar-refractivity contribution in [3.05, 3.63) is 29.3 Å². The summed E-state index contributed by atoms with van der Waals surface area (Å²) in [6.45, 7) is 4.71. The average molecular weight is 227 g/mol. The molecule has 88 valence electrons. The van der Waals surface area contributed by atoms with Crippen LogP contribution in [0.15, 0.2) is 12.1 Å². The number of likely N-dealkylation sites (N-methyl/N-ethyl adjacent to an activating group) is 1. The van der Waals surface area contributed by atoms with Gasteiger partial charge in [0, 0.05) is 5.56 Å². The zero-order chi connectivity index (χ0) is 11.7. The molecule has 0 saturated heterocycles. The third-order valence-corrected chi connectivity index (χ3v) is 2.88. The molecule has 1 aliphatic heterocycles. The monoisotopic (exact) mass is 227 g/mol. The lowest BCUT2D eigenvalue weighted by molar-refractivity contribution is 0.179. The summed E-state index contributed by atoms with van der Waals surface area (Å²) in [5, 5.41) is 3.23. The van der Waals surface area contributed by atoms with Crippen LogP contribution >= 0.6 is 0 Å². The van der Waals surface area contributed by atoms with Crippen LogP contribution < -0.4 is 10.1 Å². The maximum Gasteiger partial charge on any atom is 0.200 e. The zero-order valence-corrected chi connectivity index (χ0v) is 9.39. The summed E-state index contributed by atoms with van der Waals surface area (Å²) in [4.78, 5) is 0. The van der Waals surface area contributed by atoms with E-state index in [1.54, 1.807) is 6.07 Å². The largest absolute Gasteiger partial charge is 0.485 e. The van der Waals surface area contributed by atoms with Gasteiger partial charge >= 0.3 is 0 Å². The quantitative estimate of drug-likeness (QED) is 0.857. The Kier molecular flexibility index (Phi) is 3.10. The molecule has 1 heterocycles. The molecular weight excluding hydrogens is 212 g/mol. The van der Waals surface area contributed by atoms with Gasteiger partial charge < -0.3 is 10.1 Å². The van der Waals surface area contributed by atoms with Crippen LogP contribution in [0.3, 0.4) is 0 Å². The topological polar surface area (TPSA) is 21.3 Å². The Hall–Kier alpha value is -1.16. The minimum atomic E-state index is -0.878. The Morgan fingerprint density at radius 1 is 1.31 bits per heavy atom. The lowest BCUT2D eigenvalue weighted by Gasteiger charge is -2.17. The molecule has 0 aliphatic carbocycles. The van der Waals surface area contributed by atoms with Gasteiger partial charge in [-0.3, -0.25) is 0 Å². The third kappa shape index (κ3) is 1.67. The zero-order valence-electron chi connectivity index (χ0n) is 9.39. The molecule has 2 rings (SSSR count). The van der Waals surface area contributed by atoms with E-state index in [9.17, 15) is 8.78 Å². The second-order valence-corrected chi connectivity index (χ2v) is 3.88. The van der Waals surface area contributed by atoms with Gasteiger partial charge in [-0.25, -0.2) is 4.39 Å². The molecule has 16 heavy (non-hydrogen) atoms. The van der Waals surface area contributed by atoms with Crippen LogP contribution in [0, 0.1) is 11.6 Å². The smallest absolute Gasteiger partial charge is 0.200 e. The third-order valence-electron chi connectivity index (χ3n) is 2.88. The van der Waals surface area contributed by atoms with Crippen LogP contribution in [-0.4, -0.2) is 12.6 Å². The van der Waals surface area contributed by atoms with Crippen molar-refractivity contribution in [1.29, 1.82) is 0 Å². The summed E-state index contributed by atoms with van der Waals surface area (Å²) in [7, 11) is 0. The van der Waals surface area contributed by atoms with Crippen LogP contribution in [0.2, 0.25) is 0 Å². The van der Waals surface area contributed by atoms with Crippen molar-refractivity contribution in [2.75, 3.05) is 6.54 Å². The molecule has 0 bridgehead atoms. The van der Waals surface area contributed by atoms with Crippen LogP contribution in [-0.2, 0) is 0 Å². The molecule has 0 amide bonds. The van der Waals surface area contributed by atoms with E-state index in [1.807, 2.05) is 13.8 Å². The number of nitrogens with one attached hydrogen (secondary N) is 1. The van der Waals surface area contributed by atoms with Gasteiger partial charge in [0.15, 0.2) is 11.6 Å². The second-order valence-electron chi connectivity index (χ2n) is 3.88. The molecule has 4 heteroatoms. The Morgan fingerprint density at radius 3 is 2.69 bits per heavy atom. The molecule has 2 atom stereocenters. The van der Waals surface area contributed by atoms with Gasteiger partial charge in [-0.1, -0.05) is 19.9 Å². The first-order valence-corrected chi connectivity index (χ1v) is 5.57. The van der Waals surface area contributed by atoms with Crippen molar-refractivity contribution in [3.8, 4) is 5.75 Å². The molecule has 0 radical (unpaired) electrons. The van der Waals surface area contributed by atoms with Crippen LogP contribution in [0.25, 0.3) is 0 Å². The van der Waals surface area contributed by atoms with Crippen molar-refractivity contribution < 1.29 is 13.5 Å². The Labute approximate surface area is 93.6 Å². The van der Waals surface area contributed by atoms with Gasteiger partial charge in [-0.15, -0.1) is 0 Å². The van der Waals surface area contributed by atoms with Gasteiger partial charge in [-0.05, 0) is 19.0 Å². The number of ether oxygens (including phenoxy) is 1. The summed E-state index contributed by atoms with van der Waals surface area (Å²) in [6, 6.07) is 2.71. The first kappa shape index (κ1) is 11.3. The van der Waals surface area contributed by atoms with Crippen molar-refractivity contribution in [2.24, 2.45) is 0 Å². The normalized spacial score (nSPS) is 23.0. The highest BCUT2D eigenvalue weighted by atomic mass is 19.2. The van der Waals surface area contributed by atoms with E-state index < -0.39 is 11.6 Å². The number of fused-ring (bicyclic) bond motifs is 1. The van der Waals surface area contributed by atoms with Gasteiger partial charge in [0.2, 0.25) is 5.82 Å². The van der Waals surface area contributed by atoms with Crippen LogP contribution in [0.4, 0.5) is 8.78 Å². The van der Waals surface area contributed by atoms with E-state index in [4.69, 9.17) is 4.74 Å². The molecule has 2 nitrogen and oxygen atoms in total. The molecule has 1 N–H and O–H groups in total. The standard InChI is InChI=1S/C12H15F2NO/c1-3-9-11(15-4-2)7-5-6-8(13)10(14)12(7)16-9/h5-6,9,11,15H,3-4H2,1-2H3. The van der Waals surface area contributed by atoms with E-state index in [0.29, 0.717) is 5.56 Å². The number of hydrogen-bond donors (Lipinski definition) is 1. The van der Waals surface area contributed by atoms with Crippen molar-refractivity contribution in [1.82, 2.24) is 5.32 Å². The summed E-state index contributed by atoms with van der Waals surface area (Å²) < 4.78 is 32.0. The van der Waals surface area contributed by atoms with Gasteiger partial charge in [0.1, 0.15) is 6.10 Å². The minimum Gasteiger partial charge on any atom is -0.485 e. The first-order valence-electron chi connectivity index (χ1n) is 5.57.